The molecule has 0 saturated carbocycles. The molecule has 0 saturated heterocycles. The zero-order valence-electron chi connectivity index (χ0n) is 40.4. The van der Waals surface area contributed by atoms with Gasteiger partial charge < -0.3 is 9.38 Å². The van der Waals surface area contributed by atoms with E-state index in [0.29, 0.717) is 0 Å². The van der Waals surface area contributed by atoms with Gasteiger partial charge in [-0.15, -0.1) is 22.7 Å². The maximum absolute atomic E-state index is 2.78. The molecule has 2 aliphatic carbocycles. The maximum Gasteiger partial charge on any atom is 0.333 e. The van der Waals surface area contributed by atoms with Crippen molar-refractivity contribution in [2.75, 3.05) is 4.81 Å². The molecular weight excluding hydrogens is 860 g/mol. The van der Waals surface area contributed by atoms with Gasteiger partial charge in [0.15, 0.2) is 0 Å². The van der Waals surface area contributed by atoms with Crippen molar-refractivity contribution in [3.8, 4) is 27.9 Å². The second-order valence-electron chi connectivity index (χ2n) is 23.5. The molecule has 0 N–H and O–H groups in total. The van der Waals surface area contributed by atoms with Gasteiger partial charge in [-0.05, 0) is 139 Å². The zero-order chi connectivity index (χ0) is 46.1. The highest BCUT2D eigenvalue weighted by molar-refractivity contribution is 7.26. The second-order valence-corrected chi connectivity index (χ2v) is 25.7. The molecular formula is C63H53BN2S2. The van der Waals surface area contributed by atoms with E-state index in [1.807, 2.05) is 22.7 Å². The third-order valence-corrected chi connectivity index (χ3v) is 19.6. The SMILES string of the molecule is CC(C)(C)c1ccc(N2B3c4cc5c(cc4-n4c6cc7c(cc6c6c8c(c(c3c64)-c3cc4sc6ccccc6c4cc32)-c2ccccc2C8(C)C)C(C)(C)CCC7(C)C)sc2ccccc25)cc1. The molecule has 0 spiro atoms. The summed E-state index contributed by atoms with van der Waals surface area (Å²) in [4.78, 5) is 2.77. The minimum Gasteiger partial charge on any atom is -0.376 e. The Balaban J connectivity index is 1.21. The van der Waals surface area contributed by atoms with Crippen LogP contribution in [-0.4, -0.2) is 11.4 Å². The molecule has 0 amide bonds. The van der Waals surface area contributed by atoms with Gasteiger partial charge in [-0.1, -0.05) is 141 Å². The fraction of sp³-hybridized carbons (Fsp3) is 0.238. The van der Waals surface area contributed by atoms with Gasteiger partial charge in [0.05, 0.1) is 11.0 Å². The molecule has 8 aromatic carbocycles. The first-order chi connectivity index (χ1) is 32.6. The summed E-state index contributed by atoms with van der Waals surface area (Å²) in [5.41, 5.74) is 22.2. The largest absolute Gasteiger partial charge is 0.376 e. The third kappa shape index (κ3) is 4.89. The van der Waals surface area contributed by atoms with E-state index in [2.05, 4.69) is 205 Å². The summed E-state index contributed by atoms with van der Waals surface area (Å²) in [5.74, 6) is 0. The van der Waals surface area contributed by atoms with Crippen molar-refractivity contribution in [1.82, 2.24) is 4.57 Å². The maximum atomic E-state index is 2.78. The molecule has 5 heterocycles. The molecule has 2 aliphatic heterocycles. The zero-order valence-corrected chi connectivity index (χ0v) is 42.0. The van der Waals surface area contributed by atoms with Crippen LogP contribution in [0.15, 0.2) is 133 Å². The summed E-state index contributed by atoms with van der Waals surface area (Å²) >= 11 is 3.88. The number of anilines is 2. The van der Waals surface area contributed by atoms with Crippen molar-refractivity contribution in [1.29, 1.82) is 0 Å². The van der Waals surface area contributed by atoms with Gasteiger partial charge in [0, 0.05) is 79.2 Å². The Morgan fingerprint density at radius 1 is 0.529 bits per heavy atom. The van der Waals surface area contributed by atoms with Crippen molar-refractivity contribution >= 4 is 114 Å². The first-order valence-electron chi connectivity index (χ1n) is 24.7. The van der Waals surface area contributed by atoms with Gasteiger partial charge in [0.25, 0.3) is 0 Å². The van der Waals surface area contributed by atoms with E-state index in [9.17, 15) is 0 Å². The molecule has 0 unspecified atom stereocenters. The Kier molecular flexibility index (Phi) is 7.46. The highest BCUT2D eigenvalue weighted by Gasteiger charge is 2.50. The van der Waals surface area contributed by atoms with E-state index >= 15 is 0 Å². The van der Waals surface area contributed by atoms with E-state index in [1.165, 1.54) is 153 Å². The Morgan fingerprint density at radius 2 is 1.15 bits per heavy atom. The van der Waals surface area contributed by atoms with Gasteiger partial charge in [0.1, 0.15) is 0 Å². The standard InChI is InChI=1S/C63H53BN2S2/c1-60(2,3)34-22-24-35(25-23-34)66-48-30-40-37-17-12-15-21-51(37)67-52(40)31-42(48)55-54-38-18-10-13-19-43(38)63(8,9)57(54)56-41-28-44-45(62(6,7)27-26-61(44,4)5)32-47(41)65-49-33-53-39(36-16-11-14-20-50(36)68-53)29-46(49)64(66)58(55)59(56)65/h10-25,28-33H,26-27H2,1-9H3. The normalized spacial score (nSPS) is 17.1. The summed E-state index contributed by atoms with van der Waals surface area (Å²) in [7, 11) is 0. The lowest BCUT2D eigenvalue weighted by molar-refractivity contribution is 0.332. The van der Waals surface area contributed by atoms with Crippen LogP contribution in [0, 0.1) is 0 Å². The highest BCUT2D eigenvalue weighted by Crippen LogP contribution is 2.60. The smallest absolute Gasteiger partial charge is 0.333 e. The summed E-state index contributed by atoms with van der Waals surface area (Å²) < 4.78 is 8.15. The summed E-state index contributed by atoms with van der Waals surface area (Å²) in [6.07, 6.45) is 2.36. The predicted molar refractivity (Wildman–Crippen MR) is 297 cm³/mol. The number of hydrogen-bond donors (Lipinski definition) is 0. The van der Waals surface area contributed by atoms with Crippen LogP contribution in [-0.2, 0) is 21.7 Å². The fourth-order valence-electron chi connectivity index (χ4n) is 13.8. The van der Waals surface area contributed by atoms with Crippen LogP contribution in [0.4, 0.5) is 11.4 Å². The molecule has 68 heavy (non-hydrogen) atoms. The lowest BCUT2D eigenvalue weighted by Crippen LogP contribution is -2.60. The van der Waals surface area contributed by atoms with Gasteiger partial charge in [0.2, 0.25) is 0 Å². The van der Waals surface area contributed by atoms with E-state index in [0.717, 1.165) is 0 Å². The average molecular weight is 913 g/mol. The minimum atomic E-state index is -0.238. The first-order valence-corrected chi connectivity index (χ1v) is 26.4. The highest BCUT2D eigenvalue weighted by atomic mass is 32.1. The number of benzene rings is 8. The van der Waals surface area contributed by atoms with Gasteiger partial charge in [-0.25, -0.2) is 0 Å². The van der Waals surface area contributed by atoms with Crippen molar-refractivity contribution < 1.29 is 0 Å². The van der Waals surface area contributed by atoms with Gasteiger partial charge >= 0.3 is 6.85 Å². The van der Waals surface area contributed by atoms with Gasteiger partial charge in [-0.2, -0.15) is 0 Å². The van der Waals surface area contributed by atoms with Crippen molar-refractivity contribution in [3.05, 3.63) is 161 Å². The molecule has 0 fully saturated rings. The first kappa shape index (κ1) is 39.8. The van der Waals surface area contributed by atoms with Crippen molar-refractivity contribution in [2.24, 2.45) is 0 Å². The Hall–Kier alpha value is -6.14. The van der Waals surface area contributed by atoms with E-state index in [1.54, 1.807) is 0 Å². The molecule has 5 heteroatoms. The van der Waals surface area contributed by atoms with Crippen LogP contribution in [0.3, 0.4) is 0 Å². The molecule has 330 valence electrons. The molecule has 4 aliphatic rings. The Morgan fingerprint density at radius 3 is 1.84 bits per heavy atom. The van der Waals surface area contributed by atoms with Crippen molar-refractivity contribution in [3.63, 3.8) is 0 Å². The average Bonchev–Trinajstić information content (AvgIpc) is 4.04. The van der Waals surface area contributed by atoms with Crippen LogP contribution >= 0.6 is 22.7 Å². The van der Waals surface area contributed by atoms with Crippen molar-refractivity contribution in [2.45, 2.75) is 96.8 Å². The number of aromatic nitrogens is 1. The Bertz CT molecular complexity index is 4110. The molecule has 0 radical (unpaired) electrons. The second kappa shape index (κ2) is 12.7. The number of rotatable bonds is 1. The summed E-state index contributed by atoms with van der Waals surface area (Å²) in [6, 6.07) is 52.9. The van der Waals surface area contributed by atoms with Crippen LogP contribution in [0.25, 0.3) is 90.1 Å². The molecule has 11 aromatic rings. The molecule has 15 rings (SSSR count). The lowest BCUT2D eigenvalue weighted by atomic mass is 9.43. The molecule has 2 nitrogen and oxygen atoms in total. The van der Waals surface area contributed by atoms with Crippen LogP contribution in [0.1, 0.15) is 103 Å². The number of fused-ring (bicyclic) bond motifs is 20. The van der Waals surface area contributed by atoms with Crippen LogP contribution in [0.2, 0.25) is 0 Å². The topological polar surface area (TPSA) is 8.17 Å². The van der Waals surface area contributed by atoms with E-state index < -0.39 is 0 Å². The molecule has 3 aromatic heterocycles. The Labute approximate surface area is 407 Å². The summed E-state index contributed by atoms with van der Waals surface area (Å²) in [6.45, 7) is 21.9. The minimum absolute atomic E-state index is 0.0336. The summed E-state index contributed by atoms with van der Waals surface area (Å²) in [5, 5.41) is 8.21. The van der Waals surface area contributed by atoms with E-state index in [-0.39, 0.29) is 28.5 Å². The number of thiophene rings is 2. The monoisotopic (exact) mass is 912 g/mol. The van der Waals surface area contributed by atoms with E-state index in [4.69, 9.17) is 0 Å². The quantitative estimate of drug-likeness (QED) is 0.149. The molecule has 0 atom stereocenters. The van der Waals surface area contributed by atoms with Crippen LogP contribution < -0.4 is 15.7 Å². The van der Waals surface area contributed by atoms with Gasteiger partial charge in [-0.3, -0.25) is 0 Å². The lowest BCUT2D eigenvalue weighted by Gasteiger charge is -2.43. The molecule has 0 bridgehead atoms. The van der Waals surface area contributed by atoms with Crippen LogP contribution in [0.5, 0.6) is 0 Å². The third-order valence-electron chi connectivity index (χ3n) is 17.3. The number of hydrogen-bond acceptors (Lipinski definition) is 3. The predicted octanol–water partition coefficient (Wildman–Crippen LogP) is 16.7. The fourth-order valence-corrected chi connectivity index (χ4v) is 16.0. The number of nitrogens with zero attached hydrogens (tertiary/aromatic N) is 2.